The molecular formula is C8H15N3O. The average Bonchev–Trinajstić information content (AvgIpc) is 2.45. The van der Waals surface area contributed by atoms with Crippen molar-refractivity contribution in [2.45, 2.75) is 13.3 Å². The zero-order valence-corrected chi connectivity index (χ0v) is 7.55. The summed E-state index contributed by atoms with van der Waals surface area (Å²) in [6.07, 6.45) is 2.80. The fourth-order valence-corrected chi connectivity index (χ4v) is 0.926. The van der Waals surface area contributed by atoms with E-state index in [0.29, 0.717) is 0 Å². The van der Waals surface area contributed by atoms with E-state index >= 15 is 0 Å². The van der Waals surface area contributed by atoms with E-state index in [9.17, 15) is 0 Å². The Morgan fingerprint density at radius 3 is 3.08 bits per heavy atom. The van der Waals surface area contributed by atoms with Crippen LogP contribution in [0, 0.1) is 6.92 Å². The van der Waals surface area contributed by atoms with Crippen LogP contribution in [0.25, 0.3) is 0 Å². The number of nitrogens with one attached hydrogen (secondary N) is 2. The van der Waals surface area contributed by atoms with Crippen LogP contribution in [0.15, 0.2) is 6.20 Å². The van der Waals surface area contributed by atoms with Gasteiger partial charge in [-0.1, -0.05) is 0 Å². The molecule has 68 valence electrons. The lowest BCUT2D eigenvalue weighted by atomic mass is 10.4. The molecule has 0 spiro atoms. The van der Waals surface area contributed by atoms with E-state index in [-0.39, 0.29) is 0 Å². The van der Waals surface area contributed by atoms with Gasteiger partial charge in [0.2, 0.25) is 0 Å². The third-order valence-electron chi connectivity index (χ3n) is 1.52. The van der Waals surface area contributed by atoms with E-state index in [2.05, 4.69) is 15.3 Å². The molecule has 0 bridgehead atoms. The molecule has 0 aliphatic rings. The largest absolute Gasteiger partial charge is 0.385 e. The molecule has 1 rings (SSSR count). The van der Waals surface area contributed by atoms with Gasteiger partial charge in [0.15, 0.2) is 5.95 Å². The van der Waals surface area contributed by atoms with Gasteiger partial charge in [0.1, 0.15) is 0 Å². The van der Waals surface area contributed by atoms with E-state index in [1.165, 1.54) is 0 Å². The second kappa shape index (κ2) is 4.77. The van der Waals surface area contributed by atoms with Gasteiger partial charge in [-0.15, -0.1) is 0 Å². The van der Waals surface area contributed by atoms with E-state index in [0.717, 1.165) is 31.2 Å². The molecule has 0 unspecified atom stereocenters. The van der Waals surface area contributed by atoms with E-state index in [4.69, 9.17) is 4.74 Å². The molecular weight excluding hydrogens is 154 g/mol. The maximum Gasteiger partial charge on any atom is 0.200 e. The van der Waals surface area contributed by atoms with Crippen molar-refractivity contribution in [1.29, 1.82) is 0 Å². The third-order valence-corrected chi connectivity index (χ3v) is 1.52. The Morgan fingerprint density at radius 2 is 2.50 bits per heavy atom. The molecule has 2 N–H and O–H groups in total. The number of ether oxygens (including phenoxy) is 1. The van der Waals surface area contributed by atoms with Gasteiger partial charge in [-0.2, -0.15) is 0 Å². The Labute approximate surface area is 72.3 Å². The molecule has 4 heteroatoms. The van der Waals surface area contributed by atoms with Gasteiger partial charge in [0.05, 0.1) is 0 Å². The Balaban J connectivity index is 2.15. The molecule has 0 aliphatic heterocycles. The van der Waals surface area contributed by atoms with Crippen LogP contribution in [0.2, 0.25) is 0 Å². The Morgan fingerprint density at radius 1 is 1.67 bits per heavy atom. The average molecular weight is 169 g/mol. The van der Waals surface area contributed by atoms with Crippen LogP contribution in [0.1, 0.15) is 12.1 Å². The summed E-state index contributed by atoms with van der Waals surface area (Å²) in [5, 5.41) is 3.15. The SMILES string of the molecule is COCCCNc1ncc(C)[nH]1. The van der Waals surface area contributed by atoms with Crippen LogP contribution in [-0.4, -0.2) is 30.2 Å². The van der Waals surface area contributed by atoms with Gasteiger partial charge in [0, 0.05) is 32.2 Å². The van der Waals surface area contributed by atoms with Gasteiger partial charge in [0.25, 0.3) is 0 Å². The van der Waals surface area contributed by atoms with Crippen molar-refractivity contribution in [3.05, 3.63) is 11.9 Å². The quantitative estimate of drug-likeness (QED) is 0.650. The van der Waals surface area contributed by atoms with Crippen molar-refractivity contribution in [1.82, 2.24) is 9.97 Å². The molecule has 0 atom stereocenters. The monoisotopic (exact) mass is 169 g/mol. The number of aryl methyl sites for hydroxylation is 1. The number of rotatable bonds is 5. The molecule has 0 aromatic carbocycles. The topological polar surface area (TPSA) is 49.9 Å². The molecule has 1 heterocycles. The smallest absolute Gasteiger partial charge is 0.200 e. The molecule has 1 aromatic heterocycles. The van der Waals surface area contributed by atoms with Crippen LogP contribution in [-0.2, 0) is 4.74 Å². The number of methoxy groups -OCH3 is 1. The summed E-state index contributed by atoms with van der Waals surface area (Å²) in [7, 11) is 1.71. The zero-order valence-electron chi connectivity index (χ0n) is 7.55. The Kier molecular flexibility index (Phi) is 3.60. The number of aromatic amines is 1. The number of aromatic nitrogens is 2. The predicted molar refractivity (Wildman–Crippen MR) is 48.3 cm³/mol. The second-order valence-corrected chi connectivity index (χ2v) is 2.69. The van der Waals surface area contributed by atoms with E-state index in [1.807, 2.05) is 6.92 Å². The summed E-state index contributed by atoms with van der Waals surface area (Å²) in [5.41, 5.74) is 1.07. The summed E-state index contributed by atoms with van der Waals surface area (Å²) in [6.45, 7) is 3.65. The first kappa shape index (κ1) is 9.06. The van der Waals surface area contributed by atoms with Gasteiger partial charge in [-0.25, -0.2) is 4.98 Å². The Hall–Kier alpha value is -1.03. The molecule has 0 fully saturated rings. The highest BCUT2D eigenvalue weighted by atomic mass is 16.5. The van der Waals surface area contributed by atoms with Crippen LogP contribution in [0.5, 0.6) is 0 Å². The third kappa shape index (κ3) is 2.92. The number of H-pyrrole nitrogens is 1. The summed E-state index contributed by atoms with van der Waals surface area (Å²) < 4.78 is 4.91. The number of imidazole rings is 1. The fraction of sp³-hybridized carbons (Fsp3) is 0.625. The summed E-state index contributed by atoms with van der Waals surface area (Å²) >= 11 is 0. The highest BCUT2D eigenvalue weighted by Crippen LogP contribution is 1.99. The minimum absolute atomic E-state index is 0.784. The normalized spacial score (nSPS) is 10.2. The van der Waals surface area contributed by atoms with Gasteiger partial charge in [-0.05, 0) is 13.3 Å². The maximum absolute atomic E-state index is 4.91. The van der Waals surface area contributed by atoms with E-state index < -0.39 is 0 Å². The van der Waals surface area contributed by atoms with Crippen LogP contribution in [0.4, 0.5) is 5.95 Å². The predicted octanol–water partition coefficient (Wildman–Crippen LogP) is 1.17. The molecule has 0 radical (unpaired) electrons. The van der Waals surface area contributed by atoms with Gasteiger partial charge < -0.3 is 15.0 Å². The molecule has 4 nitrogen and oxygen atoms in total. The van der Waals surface area contributed by atoms with Crippen molar-refractivity contribution in [2.75, 3.05) is 25.6 Å². The molecule has 12 heavy (non-hydrogen) atoms. The first-order valence-corrected chi connectivity index (χ1v) is 4.07. The lowest BCUT2D eigenvalue weighted by molar-refractivity contribution is 0.197. The second-order valence-electron chi connectivity index (χ2n) is 2.69. The molecule has 0 amide bonds. The highest BCUT2D eigenvalue weighted by Gasteiger charge is 1.93. The summed E-state index contributed by atoms with van der Waals surface area (Å²) in [6, 6.07) is 0. The standard InChI is InChI=1S/C8H15N3O/c1-7-6-10-8(11-7)9-4-3-5-12-2/h6H,3-5H2,1-2H3,(H2,9,10,11). The summed E-state index contributed by atoms with van der Waals surface area (Å²) in [4.78, 5) is 7.20. The molecule has 1 aromatic rings. The van der Waals surface area contributed by atoms with Gasteiger partial charge >= 0.3 is 0 Å². The van der Waals surface area contributed by atoms with Crippen LogP contribution >= 0.6 is 0 Å². The fourth-order valence-electron chi connectivity index (χ4n) is 0.926. The first-order valence-electron chi connectivity index (χ1n) is 4.07. The van der Waals surface area contributed by atoms with Crippen LogP contribution in [0.3, 0.4) is 0 Å². The van der Waals surface area contributed by atoms with Crippen molar-refractivity contribution >= 4 is 5.95 Å². The van der Waals surface area contributed by atoms with Crippen molar-refractivity contribution in [3.8, 4) is 0 Å². The Bertz CT molecular complexity index is 222. The first-order chi connectivity index (χ1) is 5.83. The zero-order chi connectivity index (χ0) is 8.81. The minimum Gasteiger partial charge on any atom is -0.385 e. The molecule has 0 saturated heterocycles. The summed E-state index contributed by atoms with van der Waals surface area (Å²) in [5.74, 6) is 0.837. The maximum atomic E-state index is 4.91. The van der Waals surface area contributed by atoms with Crippen molar-refractivity contribution in [3.63, 3.8) is 0 Å². The lowest BCUT2D eigenvalue weighted by Crippen LogP contribution is -2.05. The lowest BCUT2D eigenvalue weighted by Gasteiger charge is -2.00. The van der Waals surface area contributed by atoms with Gasteiger partial charge in [-0.3, -0.25) is 0 Å². The van der Waals surface area contributed by atoms with Crippen LogP contribution < -0.4 is 5.32 Å². The number of anilines is 1. The molecule has 0 saturated carbocycles. The highest BCUT2D eigenvalue weighted by molar-refractivity contribution is 5.25. The van der Waals surface area contributed by atoms with Crippen molar-refractivity contribution < 1.29 is 4.74 Å². The minimum atomic E-state index is 0.784. The van der Waals surface area contributed by atoms with E-state index in [1.54, 1.807) is 13.3 Å². The molecule has 0 aliphatic carbocycles. The number of hydrogen-bond donors (Lipinski definition) is 2. The van der Waals surface area contributed by atoms with Crippen molar-refractivity contribution in [2.24, 2.45) is 0 Å². The number of hydrogen-bond acceptors (Lipinski definition) is 3. The number of nitrogens with zero attached hydrogens (tertiary/aromatic N) is 1.